The van der Waals surface area contributed by atoms with Crippen LogP contribution in [0.4, 0.5) is 5.69 Å². The molecule has 0 saturated heterocycles. The topological polar surface area (TPSA) is 54.0 Å². The van der Waals surface area contributed by atoms with Crippen LogP contribution in [0, 0.1) is 6.92 Å². The number of pyridine rings is 1. The number of rotatable bonds is 5. The molecule has 20 heavy (non-hydrogen) atoms. The van der Waals surface area contributed by atoms with Gasteiger partial charge in [-0.05, 0) is 38.1 Å². The molecule has 0 unspecified atom stereocenters. The van der Waals surface area contributed by atoms with Crippen LogP contribution in [-0.4, -0.2) is 17.4 Å². The van der Waals surface area contributed by atoms with Crippen molar-refractivity contribution >= 4 is 11.6 Å². The summed E-state index contributed by atoms with van der Waals surface area (Å²) in [5, 5.41) is 6.01. The normalized spacial score (nSPS) is 11.9. The third-order valence-electron chi connectivity index (χ3n) is 3.04. The molecule has 1 amide bonds. The van der Waals surface area contributed by atoms with Gasteiger partial charge in [0.1, 0.15) is 0 Å². The molecule has 4 heteroatoms. The van der Waals surface area contributed by atoms with Gasteiger partial charge in [-0.15, -0.1) is 0 Å². The van der Waals surface area contributed by atoms with Crippen molar-refractivity contribution in [2.75, 3.05) is 11.9 Å². The molecule has 2 rings (SSSR count). The minimum absolute atomic E-state index is 0.0416. The van der Waals surface area contributed by atoms with E-state index in [0.29, 0.717) is 0 Å². The Morgan fingerprint density at radius 3 is 2.60 bits per heavy atom. The van der Waals surface area contributed by atoms with E-state index in [2.05, 4.69) is 15.6 Å². The molecule has 2 aromatic rings. The first-order valence-electron chi connectivity index (χ1n) is 6.66. The number of benzene rings is 1. The van der Waals surface area contributed by atoms with Gasteiger partial charge in [0.15, 0.2) is 0 Å². The minimum Gasteiger partial charge on any atom is -0.325 e. The molecule has 0 aliphatic rings. The minimum atomic E-state index is -0.0587. The summed E-state index contributed by atoms with van der Waals surface area (Å²) in [5.74, 6) is -0.0587. The van der Waals surface area contributed by atoms with Crippen molar-refractivity contribution in [1.29, 1.82) is 0 Å². The highest BCUT2D eigenvalue weighted by Crippen LogP contribution is 2.09. The highest BCUT2D eigenvalue weighted by molar-refractivity contribution is 5.92. The zero-order valence-corrected chi connectivity index (χ0v) is 11.8. The number of nitrogens with one attached hydrogen (secondary N) is 2. The monoisotopic (exact) mass is 269 g/mol. The Hall–Kier alpha value is -2.20. The Labute approximate surface area is 119 Å². The lowest BCUT2D eigenvalue weighted by Crippen LogP contribution is -2.30. The smallest absolute Gasteiger partial charge is 0.238 e. The van der Waals surface area contributed by atoms with Crippen LogP contribution in [0.2, 0.25) is 0 Å². The molecule has 1 aromatic carbocycles. The summed E-state index contributed by atoms with van der Waals surface area (Å²) in [7, 11) is 0. The zero-order valence-electron chi connectivity index (χ0n) is 11.8. The predicted molar refractivity (Wildman–Crippen MR) is 80.5 cm³/mol. The fourth-order valence-corrected chi connectivity index (χ4v) is 1.82. The van der Waals surface area contributed by atoms with Gasteiger partial charge in [-0.3, -0.25) is 9.78 Å². The van der Waals surface area contributed by atoms with E-state index in [9.17, 15) is 4.79 Å². The van der Waals surface area contributed by atoms with Gasteiger partial charge < -0.3 is 10.6 Å². The largest absolute Gasteiger partial charge is 0.325 e. The number of carbonyl (C=O) groups excluding carboxylic acids is 1. The summed E-state index contributed by atoms with van der Waals surface area (Å²) in [6, 6.07) is 13.5. The van der Waals surface area contributed by atoms with Gasteiger partial charge in [0, 0.05) is 17.9 Å². The maximum absolute atomic E-state index is 11.8. The number of nitrogens with zero attached hydrogens (tertiary/aromatic N) is 1. The van der Waals surface area contributed by atoms with Crippen LogP contribution in [0.3, 0.4) is 0 Å². The van der Waals surface area contributed by atoms with Gasteiger partial charge in [-0.25, -0.2) is 0 Å². The van der Waals surface area contributed by atoms with Gasteiger partial charge in [0.2, 0.25) is 5.91 Å². The van der Waals surface area contributed by atoms with E-state index in [1.165, 1.54) is 5.56 Å². The van der Waals surface area contributed by atoms with Crippen molar-refractivity contribution < 1.29 is 4.79 Å². The first kappa shape index (κ1) is 14.2. The highest BCUT2D eigenvalue weighted by Gasteiger charge is 2.08. The van der Waals surface area contributed by atoms with Crippen molar-refractivity contribution in [3.05, 3.63) is 59.9 Å². The van der Waals surface area contributed by atoms with E-state index in [4.69, 9.17) is 0 Å². The molecule has 0 radical (unpaired) electrons. The molecule has 1 heterocycles. The molecule has 0 saturated carbocycles. The van der Waals surface area contributed by atoms with Gasteiger partial charge >= 0.3 is 0 Å². The van der Waals surface area contributed by atoms with Crippen molar-refractivity contribution in [2.45, 2.75) is 19.9 Å². The summed E-state index contributed by atoms with van der Waals surface area (Å²) >= 11 is 0. The molecule has 1 atom stereocenters. The van der Waals surface area contributed by atoms with Gasteiger partial charge in [0.05, 0.1) is 12.2 Å². The lowest BCUT2D eigenvalue weighted by molar-refractivity contribution is -0.115. The van der Waals surface area contributed by atoms with Crippen LogP contribution in [0.5, 0.6) is 0 Å². The summed E-state index contributed by atoms with van der Waals surface area (Å²) in [6.45, 7) is 4.26. The van der Waals surface area contributed by atoms with Crippen LogP contribution < -0.4 is 10.6 Å². The zero-order chi connectivity index (χ0) is 14.4. The predicted octanol–water partition coefficient (Wildman–Crippen LogP) is 2.68. The van der Waals surface area contributed by atoms with Gasteiger partial charge in [-0.1, -0.05) is 23.8 Å². The molecule has 2 N–H and O–H groups in total. The van der Waals surface area contributed by atoms with Crippen molar-refractivity contribution in [1.82, 2.24) is 10.3 Å². The van der Waals surface area contributed by atoms with E-state index >= 15 is 0 Å². The van der Waals surface area contributed by atoms with Crippen molar-refractivity contribution in [3.8, 4) is 0 Å². The molecular formula is C16H19N3O. The standard InChI is InChI=1S/C16H19N3O/c1-12-6-8-14(9-7-12)19-16(20)11-18-13(2)15-5-3-4-10-17-15/h3-10,13,18H,11H2,1-2H3,(H,19,20)/t13-/m0/s1. The molecule has 0 aliphatic carbocycles. The second kappa shape index (κ2) is 6.82. The third kappa shape index (κ3) is 4.17. The summed E-state index contributed by atoms with van der Waals surface area (Å²) in [5.41, 5.74) is 2.91. The number of hydrogen-bond donors (Lipinski definition) is 2. The van der Waals surface area contributed by atoms with Gasteiger partial charge in [0.25, 0.3) is 0 Å². The molecule has 0 fully saturated rings. The SMILES string of the molecule is Cc1ccc(NC(=O)CN[C@@H](C)c2ccccn2)cc1. The van der Waals surface area contributed by atoms with Crippen LogP contribution >= 0.6 is 0 Å². The van der Waals surface area contributed by atoms with Crippen molar-refractivity contribution in [3.63, 3.8) is 0 Å². The Kier molecular flexibility index (Phi) is 4.85. The Balaban J connectivity index is 1.82. The molecule has 0 bridgehead atoms. The average molecular weight is 269 g/mol. The Bertz CT molecular complexity index is 552. The number of carbonyl (C=O) groups is 1. The van der Waals surface area contributed by atoms with Crippen LogP contribution in [0.15, 0.2) is 48.7 Å². The molecular weight excluding hydrogens is 250 g/mol. The van der Waals surface area contributed by atoms with Crippen LogP contribution in [0.25, 0.3) is 0 Å². The fourth-order valence-electron chi connectivity index (χ4n) is 1.82. The lowest BCUT2D eigenvalue weighted by atomic mass is 10.2. The number of anilines is 1. The summed E-state index contributed by atoms with van der Waals surface area (Å²) < 4.78 is 0. The maximum atomic E-state index is 11.8. The molecule has 4 nitrogen and oxygen atoms in total. The lowest BCUT2D eigenvalue weighted by Gasteiger charge is -2.13. The van der Waals surface area contributed by atoms with E-state index in [0.717, 1.165) is 11.4 Å². The highest BCUT2D eigenvalue weighted by atomic mass is 16.1. The first-order chi connectivity index (χ1) is 9.65. The molecule has 104 valence electrons. The maximum Gasteiger partial charge on any atom is 0.238 e. The average Bonchev–Trinajstić information content (AvgIpc) is 2.48. The Morgan fingerprint density at radius 2 is 1.95 bits per heavy atom. The summed E-state index contributed by atoms with van der Waals surface area (Å²) in [4.78, 5) is 16.1. The van der Waals surface area contributed by atoms with Crippen LogP contribution in [-0.2, 0) is 4.79 Å². The van der Waals surface area contributed by atoms with E-state index < -0.39 is 0 Å². The number of amides is 1. The first-order valence-corrected chi connectivity index (χ1v) is 6.66. The number of hydrogen-bond acceptors (Lipinski definition) is 3. The second-order valence-corrected chi connectivity index (χ2v) is 4.77. The number of aromatic nitrogens is 1. The van der Waals surface area contributed by atoms with Gasteiger partial charge in [-0.2, -0.15) is 0 Å². The Morgan fingerprint density at radius 1 is 1.20 bits per heavy atom. The van der Waals surface area contributed by atoms with E-state index in [-0.39, 0.29) is 18.5 Å². The molecule has 1 aromatic heterocycles. The van der Waals surface area contributed by atoms with Crippen molar-refractivity contribution in [2.24, 2.45) is 0 Å². The third-order valence-corrected chi connectivity index (χ3v) is 3.04. The fraction of sp³-hybridized carbons (Fsp3) is 0.250. The number of aryl methyl sites for hydroxylation is 1. The van der Waals surface area contributed by atoms with Crippen LogP contribution in [0.1, 0.15) is 24.2 Å². The summed E-state index contributed by atoms with van der Waals surface area (Å²) in [6.07, 6.45) is 1.75. The quantitative estimate of drug-likeness (QED) is 0.877. The van der Waals surface area contributed by atoms with E-state index in [1.54, 1.807) is 6.20 Å². The molecule has 0 aliphatic heterocycles. The van der Waals surface area contributed by atoms with E-state index in [1.807, 2.05) is 56.3 Å². The molecule has 0 spiro atoms. The second-order valence-electron chi connectivity index (χ2n) is 4.77.